The third kappa shape index (κ3) is 3.93. The van der Waals surface area contributed by atoms with Gasteiger partial charge in [-0.25, -0.2) is 4.79 Å². The maximum Gasteiger partial charge on any atom is 0.332 e. The highest BCUT2D eigenvalue weighted by Crippen LogP contribution is 2.47. The number of hydrogen-bond acceptors (Lipinski definition) is 5. The van der Waals surface area contributed by atoms with Crippen molar-refractivity contribution < 1.29 is 14.3 Å². The summed E-state index contributed by atoms with van der Waals surface area (Å²) in [6, 6.07) is 15.7. The molecule has 1 aliphatic rings. The second-order valence-electron chi connectivity index (χ2n) is 7.31. The van der Waals surface area contributed by atoms with Gasteiger partial charge in [0, 0.05) is 24.4 Å². The first kappa shape index (κ1) is 20.4. The molecular weight excluding hydrogens is 372 g/mol. The number of benzene rings is 2. The van der Waals surface area contributed by atoms with E-state index in [-0.39, 0.29) is 12.3 Å². The van der Waals surface area contributed by atoms with Crippen molar-refractivity contribution in [2.45, 2.75) is 23.0 Å². The second kappa shape index (κ2) is 8.37. The van der Waals surface area contributed by atoms with Crippen LogP contribution < -0.4 is 4.90 Å². The minimum atomic E-state index is -1.33. The molecule has 0 bridgehead atoms. The van der Waals surface area contributed by atoms with Crippen LogP contribution in [0.1, 0.15) is 11.1 Å². The van der Waals surface area contributed by atoms with E-state index in [0.29, 0.717) is 13.1 Å². The third-order valence-corrected chi connectivity index (χ3v) is 6.25. The van der Waals surface area contributed by atoms with Crippen LogP contribution in [0, 0.1) is 6.92 Å². The lowest BCUT2D eigenvalue weighted by Crippen LogP contribution is -2.57. The number of hydrogen-bond donors (Lipinski definition) is 0. The fraction of sp³-hybridized carbons (Fsp3) is 0.364. The van der Waals surface area contributed by atoms with Gasteiger partial charge < -0.3 is 14.5 Å². The molecule has 0 aliphatic carbocycles. The molecule has 1 unspecified atom stereocenters. The predicted molar refractivity (Wildman–Crippen MR) is 113 cm³/mol. The van der Waals surface area contributed by atoms with Crippen molar-refractivity contribution in [1.29, 1.82) is 0 Å². The second-order valence-corrected chi connectivity index (χ2v) is 8.66. The number of esters is 1. The van der Waals surface area contributed by atoms with E-state index in [4.69, 9.17) is 4.74 Å². The number of carbonyl (C=O) groups excluding carboxylic acids is 2. The molecule has 2 aromatic rings. The standard InChI is InChI=1S/C22H26N2O3S/c1-16-8-7-9-17(14-16)15-22(21(26)27-4)20(25)24(13-12-23(2)3)18-10-5-6-11-19(18)28-22/h5-11,14H,12-13,15H2,1-4H3. The van der Waals surface area contributed by atoms with Gasteiger partial charge in [0.25, 0.3) is 5.91 Å². The highest BCUT2D eigenvalue weighted by molar-refractivity contribution is 8.02. The van der Waals surface area contributed by atoms with Gasteiger partial charge >= 0.3 is 5.97 Å². The maximum absolute atomic E-state index is 13.7. The summed E-state index contributed by atoms with van der Waals surface area (Å²) in [7, 11) is 5.28. The van der Waals surface area contributed by atoms with Gasteiger partial charge in [0.05, 0.1) is 12.8 Å². The zero-order valence-electron chi connectivity index (χ0n) is 16.8. The number of nitrogens with zero attached hydrogens (tertiary/aromatic N) is 2. The smallest absolute Gasteiger partial charge is 0.332 e. The van der Waals surface area contributed by atoms with E-state index in [1.165, 1.54) is 18.9 Å². The first-order valence-corrected chi connectivity index (χ1v) is 10.1. The molecule has 1 heterocycles. The normalized spacial score (nSPS) is 18.9. The van der Waals surface area contributed by atoms with Crippen molar-refractivity contribution in [1.82, 2.24) is 4.90 Å². The van der Waals surface area contributed by atoms with E-state index in [0.717, 1.165) is 21.7 Å². The summed E-state index contributed by atoms with van der Waals surface area (Å²) in [5.74, 6) is -0.722. The molecule has 1 aliphatic heterocycles. The van der Waals surface area contributed by atoms with Crippen molar-refractivity contribution in [3.8, 4) is 0 Å². The topological polar surface area (TPSA) is 49.9 Å². The summed E-state index contributed by atoms with van der Waals surface area (Å²) in [6.07, 6.45) is 0.289. The van der Waals surface area contributed by atoms with Gasteiger partial charge in [0.2, 0.25) is 4.75 Å². The number of aryl methyl sites for hydroxylation is 1. The van der Waals surface area contributed by atoms with Crippen LogP contribution in [0.2, 0.25) is 0 Å². The Morgan fingerprint density at radius 2 is 1.93 bits per heavy atom. The van der Waals surface area contributed by atoms with Crippen molar-refractivity contribution in [2.24, 2.45) is 0 Å². The predicted octanol–water partition coefficient (Wildman–Crippen LogP) is 3.15. The summed E-state index contributed by atoms with van der Waals surface area (Å²) in [5.41, 5.74) is 2.89. The average molecular weight is 399 g/mol. The molecule has 2 aromatic carbocycles. The number of methoxy groups -OCH3 is 1. The molecule has 0 saturated heterocycles. The Kier molecular flexibility index (Phi) is 6.10. The number of para-hydroxylation sites is 1. The number of ether oxygens (including phenoxy) is 1. The molecule has 0 spiro atoms. The minimum Gasteiger partial charge on any atom is -0.468 e. The monoisotopic (exact) mass is 398 g/mol. The van der Waals surface area contributed by atoms with E-state index in [1.54, 1.807) is 4.90 Å². The van der Waals surface area contributed by atoms with Gasteiger partial charge in [-0.15, -0.1) is 0 Å². The lowest BCUT2D eigenvalue weighted by atomic mass is 9.95. The molecule has 28 heavy (non-hydrogen) atoms. The number of anilines is 1. The van der Waals surface area contributed by atoms with E-state index >= 15 is 0 Å². The van der Waals surface area contributed by atoms with Crippen LogP contribution in [0.5, 0.6) is 0 Å². The van der Waals surface area contributed by atoms with Gasteiger partial charge in [-0.1, -0.05) is 53.7 Å². The van der Waals surface area contributed by atoms with Crippen LogP contribution in [-0.4, -0.2) is 55.8 Å². The fourth-order valence-corrected chi connectivity index (χ4v) is 4.84. The maximum atomic E-state index is 13.7. The molecule has 5 nitrogen and oxygen atoms in total. The molecule has 0 aromatic heterocycles. The zero-order chi connectivity index (χ0) is 20.3. The van der Waals surface area contributed by atoms with Gasteiger partial charge in [-0.2, -0.15) is 0 Å². The number of fused-ring (bicyclic) bond motifs is 1. The number of thioether (sulfide) groups is 1. The van der Waals surface area contributed by atoms with E-state index in [1.807, 2.05) is 74.4 Å². The molecule has 6 heteroatoms. The molecule has 0 fully saturated rings. The largest absolute Gasteiger partial charge is 0.468 e. The summed E-state index contributed by atoms with van der Waals surface area (Å²) >= 11 is 1.30. The van der Waals surface area contributed by atoms with Gasteiger partial charge in [0.1, 0.15) is 0 Å². The number of likely N-dealkylation sites (N-methyl/N-ethyl adjacent to an activating group) is 1. The summed E-state index contributed by atoms with van der Waals surface area (Å²) in [4.78, 5) is 31.4. The Balaban J connectivity index is 2.08. The van der Waals surface area contributed by atoms with Crippen molar-refractivity contribution in [2.75, 3.05) is 39.2 Å². The SMILES string of the molecule is COC(=O)C1(Cc2cccc(C)c2)Sc2ccccc2N(CCN(C)C)C1=O. The highest BCUT2D eigenvalue weighted by atomic mass is 32.2. The van der Waals surface area contributed by atoms with Gasteiger partial charge in [0.15, 0.2) is 0 Å². The summed E-state index contributed by atoms with van der Waals surface area (Å²) < 4.78 is 3.81. The van der Waals surface area contributed by atoms with E-state index in [2.05, 4.69) is 0 Å². The number of amides is 1. The number of rotatable bonds is 6. The molecular formula is C22H26N2O3S. The van der Waals surface area contributed by atoms with Crippen molar-refractivity contribution in [3.05, 3.63) is 59.7 Å². The van der Waals surface area contributed by atoms with Crippen molar-refractivity contribution in [3.63, 3.8) is 0 Å². The molecule has 0 N–H and O–H groups in total. The highest BCUT2D eigenvalue weighted by Gasteiger charge is 2.54. The Morgan fingerprint density at radius 1 is 1.18 bits per heavy atom. The Hall–Kier alpha value is -2.31. The lowest BCUT2D eigenvalue weighted by molar-refractivity contribution is -0.147. The Bertz CT molecular complexity index is 884. The van der Waals surface area contributed by atoms with Crippen molar-refractivity contribution >= 4 is 29.3 Å². The Labute approximate surface area is 170 Å². The van der Waals surface area contributed by atoms with Crippen LogP contribution >= 0.6 is 11.8 Å². The summed E-state index contributed by atoms with van der Waals surface area (Å²) in [5, 5.41) is 0. The number of carbonyl (C=O) groups is 2. The fourth-order valence-electron chi connectivity index (χ4n) is 3.43. The average Bonchev–Trinajstić information content (AvgIpc) is 2.67. The van der Waals surface area contributed by atoms with Gasteiger partial charge in [-0.05, 0) is 38.7 Å². The molecule has 1 amide bonds. The molecule has 0 radical (unpaired) electrons. The van der Waals surface area contributed by atoms with Crippen LogP contribution in [0.4, 0.5) is 5.69 Å². The van der Waals surface area contributed by atoms with Gasteiger partial charge in [-0.3, -0.25) is 4.79 Å². The molecule has 3 rings (SSSR count). The molecule has 1 atom stereocenters. The van der Waals surface area contributed by atoms with Crippen LogP contribution in [0.15, 0.2) is 53.4 Å². The minimum absolute atomic E-state index is 0.216. The quantitative estimate of drug-likeness (QED) is 0.553. The first-order chi connectivity index (χ1) is 13.4. The molecule has 0 saturated carbocycles. The lowest BCUT2D eigenvalue weighted by Gasteiger charge is -2.40. The van der Waals surface area contributed by atoms with Crippen LogP contribution in [0.3, 0.4) is 0 Å². The van der Waals surface area contributed by atoms with Crippen LogP contribution in [0.25, 0.3) is 0 Å². The van der Waals surface area contributed by atoms with E-state index < -0.39 is 10.7 Å². The van der Waals surface area contributed by atoms with E-state index in [9.17, 15) is 9.59 Å². The molecule has 148 valence electrons. The van der Waals surface area contributed by atoms with Crippen LogP contribution in [-0.2, 0) is 20.7 Å². The summed E-state index contributed by atoms with van der Waals surface area (Å²) in [6.45, 7) is 3.21. The third-order valence-electron chi connectivity index (χ3n) is 4.85. The first-order valence-electron chi connectivity index (χ1n) is 9.26. The zero-order valence-corrected chi connectivity index (χ0v) is 17.6. The Morgan fingerprint density at radius 3 is 2.61 bits per heavy atom.